The topological polar surface area (TPSA) is 63.2 Å². The second kappa shape index (κ2) is 6.63. The number of rotatable bonds is 3. The van der Waals surface area contributed by atoms with E-state index < -0.39 is 0 Å². The van der Waals surface area contributed by atoms with Gasteiger partial charge in [-0.1, -0.05) is 0 Å². The van der Waals surface area contributed by atoms with Gasteiger partial charge in [0.2, 0.25) is 5.75 Å². The summed E-state index contributed by atoms with van der Waals surface area (Å²) in [6.07, 6.45) is 1.78. The zero-order valence-corrected chi connectivity index (χ0v) is 14.5. The Balaban J connectivity index is 1.71. The zero-order chi connectivity index (χ0) is 18.1. The first-order valence-corrected chi connectivity index (χ1v) is 8.23. The lowest BCUT2D eigenvalue weighted by Crippen LogP contribution is -2.19. The molecule has 6 heteroatoms. The normalized spacial score (nSPS) is 16.7. The van der Waals surface area contributed by atoms with Crippen LogP contribution in [0.25, 0.3) is 6.08 Å². The predicted octanol–water partition coefficient (Wildman–Crippen LogP) is 3.13. The summed E-state index contributed by atoms with van der Waals surface area (Å²) < 4.78 is 27.6. The Kier molecular flexibility index (Phi) is 4.16. The van der Waals surface area contributed by atoms with Crippen LogP contribution in [0.3, 0.4) is 0 Å². The molecule has 0 unspecified atom stereocenters. The van der Waals surface area contributed by atoms with Crippen molar-refractivity contribution >= 4 is 11.9 Å². The van der Waals surface area contributed by atoms with Crippen LogP contribution in [0.1, 0.15) is 15.9 Å². The number of carbonyl (C=O) groups is 1. The minimum Gasteiger partial charge on any atom is -0.497 e. The van der Waals surface area contributed by atoms with Gasteiger partial charge in [-0.05, 0) is 42.0 Å². The van der Waals surface area contributed by atoms with Crippen molar-refractivity contribution in [3.8, 4) is 28.7 Å². The third kappa shape index (κ3) is 2.83. The lowest BCUT2D eigenvalue weighted by molar-refractivity contribution is 0.100. The summed E-state index contributed by atoms with van der Waals surface area (Å²) in [5.74, 6) is 2.85. The fourth-order valence-electron chi connectivity index (χ4n) is 3.02. The van der Waals surface area contributed by atoms with Crippen molar-refractivity contribution in [2.45, 2.75) is 0 Å². The van der Waals surface area contributed by atoms with E-state index in [4.69, 9.17) is 23.7 Å². The molecule has 2 aromatic carbocycles. The Labute approximate surface area is 150 Å². The fourth-order valence-corrected chi connectivity index (χ4v) is 3.02. The van der Waals surface area contributed by atoms with E-state index in [2.05, 4.69) is 0 Å². The Hall–Kier alpha value is -3.15. The number of hydrogen-bond donors (Lipinski definition) is 0. The Bertz CT molecular complexity index is 882. The van der Waals surface area contributed by atoms with E-state index in [9.17, 15) is 4.79 Å². The minimum absolute atomic E-state index is 0.0843. The van der Waals surface area contributed by atoms with E-state index >= 15 is 0 Å². The molecule has 0 amide bonds. The monoisotopic (exact) mass is 354 g/mol. The summed E-state index contributed by atoms with van der Waals surface area (Å²) in [5, 5.41) is 0. The van der Waals surface area contributed by atoms with Crippen molar-refractivity contribution in [2.24, 2.45) is 0 Å². The highest BCUT2D eigenvalue weighted by Crippen LogP contribution is 2.41. The molecule has 2 heterocycles. The standard InChI is InChI=1S/C20H18O6/c1-22-14-3-4-16-15(10-14)19(21)13(11-26-16)7-12-8-17(23-2)20-18(9-12)24-5-6-25-20/h3-4,7-10H,5-6,11H2,1-2H3. The maximum Gasteiger partial charge on any atom is 0.203 e. The lowest BCUT2D eigenvalue weighted by Gasteiger charge is -2.22. The number of methoxy groups -OCH3 is 2. The fraction of sp³-hybridized carbons (Fsp3) is 0.250. The van der Waals surface area contributed by atoms with Crippen LogP contribution >= 0.6 is 0 Å². The van der Waals surface area contributed by atoms with Gasteiger partial charge < -0.3 is 23.7 Å². The molecule has 0 N–H and O–H groups in total. The van der Waals surface area contributed by atoms with Gasteiger partial charge in [0.25, 0.3) is 0 Å². The van der Waals surface area contributed by atoms with Gasteiger partial charge in [0, 0.05) is 5.57 Å². The molecule has 134 valence electrons. The van der Waals surface area contributed by atoms with Crippen LogP contribution in [-0.4, -0.2) is 39.8 Å². The minimum atomic E-state index is -0.0843. The third-order valence-electron chi connectivity index (χ3n) is 4.30. The van der Waals surface area contributed by atoms with E-state index in [1.54, 1.807) is 38.5 Å². The molecule has 6 nitrogen and oxygen atoms in total. The first-order valence-electron chi connectivity index (χ1n) is 8.23. The summed E-state index contributed by atoms with van der Waals surface area (Å²) in [6, 6.07) is 8.85. The molecular weight excluding hydrogens is 336 g/mol. The molecule has 0 radical (unpaired) electrons. The summed E-state index contributed by atoms with van der Waals surface area (Å²) in [4.78, 5) is 12.8. The molecule has 0 saturated heterocycles. The second-order valence-electron chi connectivity index (χ2n) is 5.90. The van der Waals surface area contributed by atoms with Crippen LogP contribution < -0.4 is 23.7 Å². The Morgan fingerprint density at radius 2 is 1.81 bits per heavy atom. The molecule has 26 heavy (non-hydrogen) atoms. The van der Waals surface area contributed by atoms with Crippen LogP contribution in [0.15, 0.2) is 35.9 Å². The van der Waals surface area contributed by atoms with E-state index in [1.165, 1.54) is 0 Å². The van der Waals surface area contributed by atoms with Gasteiger partial charge in [0.15, 0.2) is 17.3 Å². The lowest BCUT2D eigenvalue weighted by atomic mass is 9.98. The summed E-state index contributed by atoms with van der Waals surface area (Å²) in [6.45, 7) is 1.16. The highest BCUT2D eigenvalue weighted by atomic mass is 16.6. The average Bonchev–Trinajstić information content (AvgIpc) is 2.69. The van der Waals surface area contributed by atoms with Crippen molar-refractivity contribution in [1.82, 2.24) is 0 Å². The van der Waals surface area contributed by atoms with Gasteiger partial charge in [-0.3, -0.25) is 4.79 Å². The van der Waals surface area contributed by atoms with Crippen LogP contribution in [-0.2, 0) is 0 Å². The predicted molar refractivity (Wildman–Crippen MR) is 94.8 cm³/mol. The molecule has 0 aromatic heterocycles. The molecule has 2 aliphatic heterocycles. The number of carbonyl (C=O) groups excluding carboxylic acids is 1. The van der Waals surface area contributed by atoms with Crippen LogP contribution in [0, 0.1) is 0 Å². The van der Waals surface area contributed by atoms with Crippen LogP contribution in [0.5, 0.6) is 28.7 Å². The number of Topliss-reactive ketones (excluding diaryl/α,β-unsaturated/α-hetero) is 1. The first-order chi connectivity index (χ1) is 12.7. The molecule has 2 aliphatic rings. The molecule has 0 aliphatic carbocycles. The van der Waals surface area contributed by atoms with E-state index in [0.717, 1.165) is 5.56 Å². The maximum atomic E-state index is 12.8. The van der Waals surface area contributed by atoms with Crippen molar-refractivity contribution in [3.63, 3.8) is 0 Å². The van der Waals surface area contributed by atoms with Gasteiger partial charge in [-0.2, -0.15) is 0 Å². The van der Waals surface area contributed by atoms with Crippen molar-refractivity contribution in [2.75, 3.05) is 34.0 Å². The number of benzene rings is 2. The molecule has 0 spiro atoms. The number of fused-ring (bicyclic) bond motifs is 2. The summed E-state index contributed by atoms with van der Waals surface area (Å²) in [5.41, 5.74) is 1.82. The van der Waals surface area contributed by atoms with E-state index in [0.29, 0.717) is 53.1 Å². The van der Waals surface area contributed by atoms with Gasteiger partial charge in [0.1, 0.15) is 31.3 Å². The van der Waals surface area contributed by atoms with E-state index in [-0.39, 0.29) is 12.4 Å². The average molecular weight is 354 g/mol. The number of ether oxygens (including phenoxy) is 5. The maximum absolute atomic E-state index is 12.8. The van der Waals surface area contributed by atoms with Crippen molar-refractivity contribution in [1.29, 1.82) is 0 Å². The molecule has 0 bridgehead atoms. The second-order valence-corrected chi connectivity index (χ2v) is 5.90. The van der Waals surface area contributed by atoms with Crippen LogP contribution in [0.4, 0.5) is 0 Å². The highest BCUT2D eigenvalue weighted by Gasteiger charge is 2.25. The summed E-state index contributed by atoms with van der Waals surface area (Å²) in [7, 11) is 3.13. The van der Waals surface area contributed by atoms with Gasteiger partial charge >= 0.3 is 0 Å². The van der Waals surface area contributed by atoms with E-state index in [1.807, 2.05) is 12.1 Å². The molecule has 0 fully saturated rings. The number of hydrogen-bond acceptors (Lipinski definition) is 6. The third-order valence-corrected chi connectivity index (χ3v) is 4.30. The van der Waals surface area contributed by atoms with Crippen molar-refractivity contribution < 1.29 is 28.5 Å². The smallest absolute Gasteiger partial charge is 0.203 e. The van der Waals surface area contributed by atoms with Crippen LogP contribution in [0.2, 0.25) is 0 Å². The summed E-state index contributed by atoms with van der Waals surface area (Å²) >= 11 is 0. The highest BCUT2D eigenvalue weighted by molar-refractivity contribution is 6.14. The first kappa shape index (κ1) is 16.3. The Morgan fingerprint density at radius 1 is 0.962 bits per heavy atom. The molecule has 0 saturated carbocycles. The van der Waals surface area contributed by atoms with Crippen molar-refractivity contribution in [3.05, 3.63) is 47.0 Å². The molecule has 2 aromatic rings. The molecule has 0 atom stereocenters. The zero-order valence-electron chi connectivity index (χ0n) is 14.5. The molecular formula is C20H18O6. The van der Waals surface area contributed by atoms with Gasteiger partial charge in [-0.25, -0.2) is 0 Å². The largest absolute Gasteiger partial charge is 0.497 e. The number of ketones is 1. The van der Waals surface area contributed by atoms with Gasteiger partial charge in [0.05, 0.1) is 19.8 Å². The van der Waals surface area contributed by atoms with Gasteiger partial charge in [-0.15, -0.1) is 0 Å². The SMILES string of the molecule is COc1ccc2c(c1)C(=O)C(=Cc1cc(OC)c3c(c1)OCCO3)CO2. The quantitative estimate of drug-likeness (QED) is 0.789. The molecule has 4 rings (SSSR count). The Morgan fingerprint density at radius 3 is 2.62 bits per heavy atom.